The second kappa shape index (κ2) is 8.52. The quantitative estimate of drug-likeness (QED) is 0.172. The van der Waals surface area contributed by atoms with E-state index in [-0.39, 0.29) is 21.8 Å². The minimum atomic E-state index is -0.423. The normalized spacial score (nSPS) is 14.1. The molecule has 1 aliphatic heterocycles. The second-order valence-electron chi connectivity index (χ2n) is 5.46. The Morgan fingerprint density at radius 3 is 3.11 bits per heavy atom. The molecule has 2 heterocycles. The van der Waals surface area contributed by atoms with Gasteiger partial charge in [0.25, 0.3) is 0 Å². The van der Waals surface area contributed by atoms with Gasteiger partial charge in [-0.3, -0.25) is 0 Å². The van der Waals surface area contributed by atoms with Gasteiger partial charge in [-0.05, 0) is 44.4 Å². The van der Waals surface area contributed by atoms with Crippen LogP contribution in [-0.4, -0.2) is 58.4 Å². The lowest BCUT2D eigenvalue weighted by Crippen LogP contribution is -2.27. The van der Waals surface area contributed by atoms with Crippen LogP contribution in [0.25, 0.3) is 0 Å². The minimum absolute atomic E-state index is 0.0337. The van der Waals surface area contributed by atoms with Crippen molar-refractivity contribution in [1.29, 1.82) is 0 Å². The van der Waals surface area contributed by atoms with E-state index >= 15 is 0 Å². The summed E-state index contributed by atoms with van der Waals surface area (Å²) in [7, 11) is 0. The number of benzene rings is 1. The van der Waals surface area contributed by atoms with Crippen LogP contribution in [0.3, 0.4) is 0 Å². The first-order valence-electron chi connectivity index (χ1n) is 7.87. The fourth-order valence-electron chi connectivity index (χ4n) is 2.47. The summed E-state index contributed by atoms with van der Waals surface area (Å²) in [5.41, 5.74) is 0.609. The smallest absolute Gasteiger partial charge is 0.203 e. The van der Waals surface area contributed by atoms with E-state index in [1.807, 2.05) is 10.8 Å². The molecule has 1 aromatic heterocycles. The molecule has 0 bridgehead atoms. The lowest BCUT2D eigenvalue weighted by atomic mass is 10.3. The van der Waals surface area contributed by atoms with Gasteiger partial charge in [0.05, 0.1) is 4.47 Å². The van der Waals surface area contributed by atoms with E-state index in [1.54, 1.807) is 0 Å². The van der Waals surface area contributed by atoms with Crippen molar-refractivity contribution in [2.75, 3.05) is 36.8 Å². The fraction of sp³-hybridized carbons (Fsp3) is 0.267. The Hall–Kier alpha value is -3.11. The SMILES string of the molecule is O=C=C1NCCN1CCNc1nonc1C(=NO)Nc1ccc(F)c(Br)c1. The Labute approximate surface area is 161 Å². The number of oxime groups is 1. The molecule has 1 fully saturated rings. The maximum Gasteiger partial charge on any atom is 0.203 e. The third-order valence-electron chi connectivity index (χ3n) is 3.76. The van der Waals surface area contributed by atoms with E-state index in [0.29, 0.717) is 37.7 Å². The number of hydrogen-bond donors (Lipinski definition) is 4. The van der Waals surface area contributed by atoms with Gasteiger partial charge in [-0.25, -0.2) is 13.8 Å². The van der Waals surface area contributed by atoms with Crippen LogP contribution < -0.4 is 16.0 Å². The number of anilines is 2. The average molecular weight is 440 g/mol. The highest BCUT2D eigenvalue weighted by molar-refractivity contribution is 9.10. The number of nitrogens with one attached hydrogen (secondary N) is 3. The molecule has 27 heavy (non-hydrogen) atoms. The molecule has 3 rings (SSSR count). The van der Waals surface area contributed by atoms with Crippen LogP contribution in [0.2, 0.25) is 0 Å². The molecule has 0 aliphatic carbocycles. The van der Waals surface area contributed by atoms with Gasteiger partial charge in [0.1, 0.15) is 5.82 Å². The molecule has 0 atom stereocenters. The van der Waals surface area contributed by atoms with E-state index < -0.39 is 5.82 Å². The Morgan fingerprint density at radius 1 is 1.52 bits per heavy atom. The van der Waals surface area contributed by atoms with Gasteiger partial charge in [-0.2, -0.15) is 0 Å². The summed E-state index contributed by atoms with van der Waals surface area (Å²) >= 11 is 3.08. The zero-order chi connectivity index (χ0) is 19.2. The molecule has 0 radical (unpaired) electrons. The summed E-state index contributed by atoms with van der Waals surface area (Å²) in [6.45, 7) is 2.32. The first-order chi connectivity index (χ1) is 13.1. The first-order valence-corrected chi connectivity index (χ1v) is 8.66. The topological polar surface area (TPSA) is 128 Å². The number of amidine groups is 1. The number of rotatable bonds is 6. The minimum Gasteiger partial charge on any atom is -0.409 e. The van der Waals surface area contributed by atoms with Crippen molar-refractivity contribution in [2.24, 2.45) is 5.16 Å². The molecule has 2 aromatic rings. The third kappa shape index (κ3) is 4.36. The highest BCUT2D eigenvalue weighted by Crippen LogP contribution is 2.21. The predicted octanol–water partition coefficient (Wildman–Crippen LogP) is 1.21. The van der Waals surface area contributed by atoms with Crippen molar-refractivity contribution in [3.63, 3.8) is 0 Å². The van der Waals surface area contributed by atoms with Crippen molar-refractivity contribution < 1.29 is 19.0 Å². The standard InChI is InChI=1S/C15H15BrFN7O3/c16-10-7-9(1-2-11(10)17)20-15(21-26)13-14(23-27-22-13)19-4-6-24-5-3-18-12(24)8-25/h1-2,7,18,26H,3-6H2,(H,19,23)(H,20,21). The number of aromatic nitrogens is 2. The van der Waals surface area contributed by atoms with Gasteiger partial charge < -0.3 is 26.1 Å². The van der Waals surface area contributed by atoms with Crippen LogP contribution in [-0.2, 0) is 4.79 Å². The van der Waals surface area contributed by atoms with Gasteiger partial charge in [-0.15, -0.1) is 0 Å². The number of carbonyl (C=O) groups excluding carboxylic acids is 1. The molecule has 0 amide bonds. The van der Waals surface area contributed by atoms with Crippen molar-refractivity contribution in [3.05, 3.63) is 40.0 Å². The highest BCUT2D eigenvalue weighted by atomic mass is 79.9. The fourth-order valence-corrected chi connectivity index (χ4v) is 2.85. The molecular formula is C15H15BrFN7O3. The Kier molecular flexibility index (Phi) is 5.89. The zero-order valence-corrected chi connectivity index (χ0v) is 15.5. The monoisotopic (exact) mass is 439 g/mol. The Bertz CT molecular complexity index is 897. The molecule has 142 valence electrons. The first kappa shape index (κ1) is 18.7. The number of nitrogens with zero attached hydrogens (tertiary/aromatic N) is 4. The van der Waals surface area contributed by atoms with E-state index in [0.717, 1.165) is 0 Å². The summed E-state index contributed by atoms with van der Waals surface area (Å²) in [6, 6.07) is 4.21. The van der Waals surface area contributed by atoms with Gasteiger partial charge in [-0.1, -0.05) is 5.16 Å². The summed E-state index contributed by atoms with van der Waals surface area (Å²) in [4.78, 5) is 12.6. The lowest BCUT2D eigenvalue weighted by Gasteiger charge is -2.16. The van der Waals surface area contributed by atoms with Crippen molar-refractivity contribution in [1.82, 2.24) is 20.5 Å². The van der Waals surface area contributed by atoms with Crippen LogP contribution >= 0.6 is 15.9 Å². The molecule has 12 heteroatoms. The van der Waals surface area contributed by atoms with Crippen molar-refractivity contribution >= 4 is 39.2 Å². The Balaban J connectivity index is 1.65. The molecule has 1 aromatic carbocycles. The summed E-state index contributed by atoms with van der Waals surface area (Å²) in [6.07, 6.45) is 0. The van der Waals surface area contributed by atoms with Crippen LogP contribution in [0.15, 0.2) is 38.3 Å². The van der Waals surface area contributed by atoms with E-state index in [9.17, 15) is 14.4 Å². The predicted molar refractivity (Wildman–Crippen MR) is 97.6 cm³/mol. The highest BCUT2D eigenvalue weighted by Gasteiger charge is 2.20. The summed E-state index contributed by atoms with van der Waals surface area (Å²) in [5, 5.41) is 28.7. The Morgan fingerprint density at radius 2 is 2.37 bits per heavy atom. The van der Waals surface area contributed by atoms with Crippen LogP contribution in [0.4, 0.5) is 15.9 Å². The molecule has 1 saturated heterocycles. The zero-order valence-electron chi connectivity index (χ0n) is 13.9. The van der Waals surface area contributed by atoms with Crippen LogP contribution in [0.1, 0.15) is 5.69 Å². The van der Waals surface area contributed by atoms with Crippen LogP contribution in [0.5, 0.6) is 0 Å². The average Bonchev–Trinajstić information content (AvgIpc) is 3.32. The molecular weight excluding hydrogens is 425 g/mol. The maximum atomic E-state index is 13.3. The molecule has 0 saturated carbocycles. The number of halogens is 2. The lowest BCUT2D eigenvalue weighted by molar-refractivity contribution is 0.304. The van der Waals surface area contributed by atoms with E-state index in [1.165, 1.54) is 18.2 Å². The maximum absolute atomic E-state index is 13.3. The van der Waals surface area contributed by atoms with Crippen molar-refractivity contribution in [3.8, 4) is 0 Å². The van der Waals surface area contributed by atoms with Gasteiger partial charge in [0, 0.05) is 31.9 Å². The number of hydrogen-bond acceptors (Lipinski definition) is 9. The van der Waals surface area contributed by atoms with E-state index in [2.05, 4.69) is 47.3 Å². The largest absolute Gasteiger partial charge is 0.409 e. The van der Waals surface area contributed by atoms with Gasteiger partial charge >= 0.3 is 0 Å². The molecule has 0 unspecified atom stereocenters. The molecule has 1 aliphatic rings. The summed E-state index contributed by atoms with van der Waals surface area (Å²) < 4.78 is 18.3. The molecule has 10 nitrogen and oxygen atoms in total. The van der Waals surface area contributed by atoms with Crippen LogP contribution in [0, 0.1) is 5.82 Å². The second-order valence-corrected chi connectivity index (χ2v) is 6.31. The van der Waals surface area contributed by atoms with Crippen molar-refractivity contribution in [2.45, 2.75) is 0 Å². The third-order valence-corrected chi connectivity index (χ3v) is 4.36. The van der Waals surface area contributed by atoms with E-state index in [4.69, 9.17) is 4.63 Å². The summed E-state index contributed by atoms with van der Waals surface area (Å²) in [5.74, 6) is 2.05. The molecule has 0 spiro atoms. The van der Waals surface area contributed by atoms with Gasteiger partial charge in [0.15, 0.2) is 17.5 Å². The molecule has 4 N–H and O–H groups in total. The van der Waals surface area contributed by atoms with Gasteiger partial charge in [0.2, 0.25) is 11.7 Å².